The molecule has 1 unspecified atom stereocenters. The third-order valence-electron chi connectivity index (χ3n) is 7.19. The van der Waals surface area contributed by atoms with Crippen LogP contribution in [0.15, 0.2) is 48.5 Å². The zero-order valence-corrected chi connectivity index (χ0v) is 23.4. The number of nitro benzene ring substituents is 2. The maximum Gasteiger partial charge on any atom is 0.277 e. The Bertz CT molecular complexity index is 980. The van der Waals surface area contributed by atoms with Gasteiger partial charge in [-0.2, -0.15) is 0 Å². The summed E-state index contributed by atoms with van der Waals surface area (Å²) in [6.07, 6.45) is 19.9. The number of hydrogen-bond donors (Lipinski definition) is 1. The Balaban J connectivity index is 1.75. The monoisotopic (exact) mass is 539 g/mol. The van der Waals surface area contributed by atoms with E-state index in [1.165, 1.54) is 77.0 Å². The number of benzene rings is 2. The lowest BCUT2D eigenvalue weighted by atomic mass is 9.98. The van der Waals surface area contributed by atoms with Crippen LogP contribution in [0.25, 0.3) is 0 Å². The van der Waals surface area contributed by atoms with E-state index in [9.17, 15) is 25.0 Å². The molecule has 1 N–H and O–H groups in total. The van der Waals surface area contributed by atoms with Gasteiger partial charge < -0.3 is 5.32 Å². The Morgan fingerprint density at radius 1 is 0.692 bits per heavy atom. The van der Waals surface area contributed by atoms with Crippen molar-refractivity contribution in [1.29, 1.82) is 0 Å². The number of unbranched alkanes of at least 4 members (excludes halogenated alkanes) is 14. The molecule has 0 saturated carbocycles. The van der Waals surface area contributed by atoms with Crippen molar-refractivity contribution in [2.24, 2.45) is 0 Å². The standard InChI is InChI=1S/C31H45N3O5/c1-2-3-4-5-6-7-8-9-10-11-12-13-14-15-19-22-30(26-20-17-16-18-21-26)32-31(35)27-23-28(33(36)37)25-29(24-27)34(38)39/h16-18,20-21,23-25,30H,2-15,19,22H2,1H3,(H,32,35). The number of non-ortho nitro benzene ring substituents is 2. The molecule has 39 heavy (non-hydrogen) atoms. The second-order valence-electron chi connectivity index (χ2n) is 10.4. The second-order valence-corrected chi connectivity index (χ2v) is 10.4. The molecule has 2 aromatic rings. The van der Waals surface area contributed by atoms with E-state index in [4.69, 9.17) is 0 Å². The predicted molar refractivity (Wildman–Crippen MR) is 156 cm³/mol. The largest absolute Gasteiger partial charge is 0.345 e. The Hall–Kier alpha value is -3.29. The second kappa shape index (κ2) is 18.9. The number of nitrogens with one attached hydrogen (secondary N) is 1. The highest BCUT2D eigenvalue weighted by Gasteiger charge is 2.22. The predicted octanol–water partition coefficient (Wildman–Crippen LogP) is 9.24. The summed E-state index contributed by atoms with van der Waals surface area (Å²) in [7, 11) is 0. The third-order valence-corrected chi connectivity index (χ3v) is 7.19. The quantitative estimate of drug-likeness (QED) is 0.0964. The topological polar surface area (TPSA) is 115 Å². The first-order valence-corrected chi connectivity index (χ1v) is 14.7. The molecule has 0 bridgehead atoms. The van der Waals surface area contributed by atoms with Gasteiger partial charge in [-0.1, -0.05) is 134 Å². The Labute approximate surface area is 232 Å². The van der Waals surface area contributed by atoms with Crippen LogP contribution in [0.4, 0.5) is 11.4 Å². The van der Waals surface area contributed by atoms with Crippen LogP contribution in [-0.2, 0) is 0 Å². The summed E-state index contributed by atoms with van der Waals surface area (Å²) in [6, 6.07) is 12.3. The highest BCUT2D eigenvalue weighted by molar-refractivity contribution is 5.95. The summed E-state index contributed by atoms with van der Waals surface area (Å²) in [5, 5.41) is 25.4. The molecule has 0 aliphatic heterocycles. The lowest BCUT2D eigenvalue weighted by Crippen LogP contribution is -2.28. The Morgan fingerprint density at radius 3 is 1.56 bits per heavy atom. The highest BCUT2D eigenvalue weighted by Crippen LogP contribution is 2.25. The molecule has 0 radical (unpaired) electrons. The molecule has 0 aromatic heterocycles. The van der Waals surface area contributed by atoms with Gasteiger partial charge in [0.2, 0.25) is 0 Å². The smallest absolute Gasteiger partial charge is 0.277 e. The van der Waals surface area contributed by atoms with E-state index in [1.54, 1.807) is 0 Å². The van der Waals surface area contributed by atoms with E-state index in [2.05, 4.69) is 12.2 Å². The molecule has 0 fully saturated rings. The fourth-order valence-electron chi connectivity index (χ4n) is 4.91. The summed E-state index contributed by atoms with van der Waals surface area (Å²) < 4.78 is 0. The maximum atomic E-state index is 13.0. The van der Waals surface area contributed by atoms with Crippen molar-refractivity contribution < 1.29 is 14.6 Å². The Kier molecular flexibility index (Phi) is 15.5. The first-order valence-electron chi connectivity index (χ1n) is 14.7. The van der Waals surface area contributed by atoms with Crippen molar-refractivity contribution in [3.63, 3.8) is 0 Å². The number of nitrogens with zero attached hydrogens (tertiary/aromatic N) is 2. The molecule has 0 aliphatic rings. The van der Waals surface area contributed by atoms with Crippen LogP contribution in [0, 0.1) is 20.2 Å². The summed E-state index contributed by atoms with van der Waals surface area (Å²) >= 11 is 0. The summed E-state index contributed by atoms with van der Waals surface area (Å²) in [6.45, 7) is 2.26. The van der Waals surface area contributed by atoms with E-state index < -0.39 is 27.1 Å². The summed E-state index contributed by atoms with van der Waals surface area (Å²) in [5.74, 6) is -0.559. The molecule has 2 aromatic carbocycles. The van der Waals surface area contributed by atoms with Gasteiger partial charge in [-0.25, -0.2) is 0 Å². The number of amides is 1. The van der Waals surface area contributed by atoms with Crippen LogP contribution in [0.3, 0.4) is 0 Å². The summed E-state index contributed by atoms with van der Waals surface area (Å²) in [5.41, 5.74) is -0.106. The van der Waals surface area contributed by atoms with E-state index >= 15 is 0 Å². The molecule has 0 aliphatic carbocycles. The number of carbonyl (C=O) groups is 1. The van der Waals surface area contributed by atoms with Gasteiger partial charge in [-0.15, -0.1) is 0 Å². The van der Waals surface area contributed by atoms with Crippen LogP contribution in [0.2, 0.25) is 0 Å². The van der Waals surface area contributed by atoms with Crippen molar-refractivity contribution in [1.82, 2.24) is 5.32 Å². The lowest BCUT2D eigenvalue weighted by molar-refractivity contribution is -0.394. The highest BCUT2D eigenvalue weighted by atomic mass is 16.6. The molecule has 0 saturated heterocycles. The molecule has 1 atom stereocenters. The van der Waals surface area contributed by atoms with Gasteiger partial charge in [-0.3, -0.25) is 25.0 Å². The number of nitro groups is 2. The Morgan fingerprint density at radius 2 is 1.13 bits per heavy atom. The van der Waals surface area contributed by atoms with Gasteiger partial charge in [0.1, 0.15) is 0 Å². The number of hydrogen-bond acceptors (Lipinski definition) is 5. The zero-order chi connectivity index (χ0) is 28.3. The van der Waals surface area contributed by atoms with Gasteiger partial charge in [0.15, 0.2) is 0 Å². The lowest BCUT2D eigenvalue weighted by Gasteiger charge is -2.19. The van der Waals surface area contributed by atoms with Crippen LogP contribution in [-0.4, -0.2) is 15.8 Å². The first kappa shape index (κ1) is 31.9. The van der Waals surface area contributed by atoms with Crippen LogP contribution in [0.5, 0.6) is 0 Å². The van der Waals surface area contributed by atoms with E-state index in [1.807, 2.05) is 30.3 Å². The van der Waals surface area contributed by atoms with Crippen molar-refractivity contribution in [3.05, 3.63) is 79.9 Å². The average Bonchev–Trinajstić information content (AvgIpc) is 2.94. The molecule has 0 spiro atoms. The minimum atomic E-state index is -0.728. The van der Waals surface area contributed by atoms with Gasteiger partial charge in [-0.05, 0) is 12.0 Å². The third kappa shape index (κ3) is 12.9. The van der Waals surface area contributed by atoms with E-state index in [0.29, 0.717) is 0 Å². The maximum absolute atomic E-state index is 13.0. The van der Waals surface area contributed by atoms with Crippen LogP contribution in [0.1, 0.15) is 132 Å². The molecule has 8 nitrogen and oxygen atoms in total. The molecule has 2 rings (SSSR count). The van der Waals surface area contributed by atoms with Crippen molar-refractivity contribution >= 4 is 17.3 Å². The van der Waals surface area contributed by atoms with Gasteiger partial charge in [0.25, 0.3) is 17.3 Å². The molecule has 0 heterocycles. The zero-order valence-electron chi connectivity index (χ0n) is 23.4. The minimum Gasteiger partial charge on any atom is -0.345 e. The first-order chi connectivity index (χ1) is 18.9. The molecule has 8 heteroatoms. The number of carbonyl (C=O) groups excluding carboxylic acids is 1. The normalized spacial score (nSPS) is 11.7. The fourth-order valence-corrected chi connectivity index (χ4v) is 4.91. The molecule has 214 valence electrons. The molecular formula is C31H45N3O5. The van der Waals surface area contributed by atoms with Crippen LogP contribution < -0.4 is 5.32 Å². The number of rotatable bonds is 21. The van der Waals surface area contributed by atoms with Crippen molar-refractivity contribution in [2.45, 2.75) is 116 Å². The van der Waals surface area contributed by atoms with Crippen molar-refractivity contribution in [3.8, 4) is 0 Å². The molecule has 1 amide bonds. The van der Waals surface area contributed by atoms with Gasteiger partial charge in [0, 0.05) is 12.1 Å². The summed E-state index contributed by atoms with van der Waals surface area (Å²) in [4.78, 5) is 34.0. The average molecular weight is 540 g/mol. The van der Waals surface area contributed by atoms with E-state index in [0.717, 1.165) is 49.4 Å². The SMILES string of the molecule is CCCCCCCCCCCCCCCCCC(NC(=O)c1cc([N+](=O)[O-])cc([N+](=O)[O-])c1)c1ccccc1. The van der Waals surface area contributed by atoms with Gasteiger partial charge in [0.05, 0.1) is 27.5 Å². The minimum absolute atomic E-state index is 0.0895. The molecular weight excluding hydrogens is 494 g/mol. The van der Waals surface area contributed by atoms with Gasteiger partial charge >= 0.3 is 0 Å². The fraction of sp³-hybridized carbons (Fsp3) is 0.581. The van der Waals surface area contributed by atoms with Crippen LogP contribution >= 0.6 is 0 Å². The van der Waals surface area contributed by atoms with E-state index in [-0.39, 0.29) is 11.6 Å². The van der Waals surface area contributed by atoms with Crippen molar-refractivity contribution in [2.75, 3.05) is 0 Å².